The van der Waals surface area contributed by atoms with E-state index >= 15 is 0 Å². The van der Waals surface area contributed by atoms with Crippen molar-refractivity contribution in [1.82, 2.24) is 10.2 Å². The van der Waals surface area contributed by atoms with E-state index in [9.17, 15) is 4.79 Å². The molecule has 0 aromatic rings. The molecule has 0 aliphatic carbocycles. The zero-order valence-electron chi connectivity index (χ0n) is 13.7. The quantitative estimate of drug-likeness (QED) is 0.654. The van der Waals surface area contributed by atoms with E-state index in [2.05, 4.69) is 38.0 Å². The zero-order chi connectivity index (χ0) is 15.0. The summed E-state index contributed by atoms with van der Waals surface area (Å²) in [5.41, 5.74) is 0. The van der Waals surface area contributed by atoms with Crippen LogP contribution >= 0.6 is 0 Å². The van der Waals surface area contributed by atoms with E-state index in [-0.39, 0.29) is 18.1 Å². The zero-order valence-corrected chi connectivity index (χ0v) is 13.7. The van der Waals surface area contributed by atoms with E-state index < -0.39 is 0 Å². The minimum atomic E-state index is -0.210. The Kier molecular flexibility index (Phi) is 9.02. The van der Waals surface area contributed by atoms with Crippen LogP contribution in [0.25, 0.3) is 0 Å². The van der Waals surface area contributed by atoms with Gasteiger partial charge in [0.15, 0.2) is 0 Å². The number of esters is 1. The van der Waals surface area contributed by atoms with Gasteiger partial charge in [-0.2, -0.15) is 0 Å². The first-order chi connectivity index (χ1) is 8.77. The molecule has 0 radical (unpaired) electrons. The van der Waals surface area contributed by atoms with Crippen molar-refractivity contribution in [2.75, 3.05) is 20.7 Å². The van der Waals surface area contributed by atoms with Gasteiger partial charge in [-0.15, -0.1) is 0 Å². The van der Waals surface area contributed by atoms with Crippen LogP contribution in [-0.2, 0) is 9.53 Å². The number of hydrogen-bond acceptors (Lipinski definition) is 4. The molecular weight excluding hydrogens is 240 g/mol. The molecule has 4 heteroatoms. The third-order valence-corrected chi connectivity index (χ3v) is 3.36. The lowest BCUT2D eigenvalue weighted by Gasteiger charge is -2.28. The predicted octanol–water partition coefficient (Wildman–Crippen LogP) is 2.28. The van der Waals surface area contributed by atoms with Gasteiger partial charge in [0.25, 0.3) is 0 Å². The fourth-order valence-electron chi connectivity index (χ4n) is 2.23. The van der Waals surface area contributed by atoms with Gasteiger partial charge < -0.3 is 15.0 Å². The van der Waals surface area contributed by atoms with Gasteiger partial charge in [0.1, 0.15) is 6.04 Å². The second-order valence-electron chi connectivity index (χ2n) is 6.14. The highest BCUT2D eigenvalue weighted by molar-refractivity contribution is 5.75. The highest BCUT2D eigenvalue weighted by Gasteiger charge is 2.21. The molecule has 0 aromatic heterocycles. The van der Waals surface area contributed by atoms with Crippen LogP contribution in [0, 0.1) is 5.92 Å². The summed E-state index contributed by atoms with van der Waals surface area (Å²) in [5, 5.41) is 3.26. The smallest absolute Gasteiger partial charge is 0.322 e. The standard InChI is InChI=1S/C15H32N2O2/c1-11(2)10-13(5)17(6)9-8-14(15(18)19-7)16-12(3)4/h11-14,16H,8-10H2,1-7H3. The van der Waals surface area contributed by atoms with Crippen LogP contribution in [0.15, 0.2) is 0 Å². The van der Waals surface area contributed by atoms with Gasteiger partial charge in [0, 0.05) is 18.6 Å². The molecule has 4 nitrogen and oxygen atoms in total. The number of ether oxygens (including phenoxy) is 1. The summed E-state index contributed by atoms with van der Waals surface area (Å²) in [5.74, 6) is 0.529. The molecule has 2 unspecified atom stereocenters. The maximum atomic E-state index is 11.7. The number of hydrogen-bond donors (Lipinski definition) is 1. The summed E-state index contributed by atoms with van der Waals surface area (Å²) >= 11 is 0. The fourth-order valence-corrected chi connectivity index (χ4v) is 2.23. The molecule has 0 amide bonds. The van der Waals surface area contributed by atoms with E-state index in [1.165, 1.54) is 13.5 Å². The lowest BCUT2D eigenvalue weighted by molar-refractivity contribution is -0.143. The number of methoxy groups -OCH3 is 1. The molecule has 2 atom stereocenters. The van der Waals surface area contributed by atoms with Crippen molar-refractivity contribution in [1.29, 1.82) is 0 Å². The Hall–Kier alpha value is -0.610. The van der Waals surface area contributed by atoms with Crippen molar-refractivity contribution >= 4 is 5.97 Å². The average molecular weight is 272 g/mol. The minimum Gasteiger partial charge on any atom is -0.468 e. The SMILES string of the molecule is COC(=O)C(CCN(C)C(C)CC(C)C)NC(C)C. The van der Waals surface area contributed by atoms with Crippen LogP contribution in [-0.4, -0.2) is 49.7 Å². The van der Waals surface area contributed by atoms with Gasteiger partial charge in [-0.25, -0.2) is 0 Å². The largest absolute Gasteiger partial charge is 0.468 e. The van der Waals surface area contributed by atoms with Crippen LogP contribution in [0.5, 0.6) is 0 Å². The summed E-state index contributed by atoms with van der Waals surface area (Å²) in [6, 6.07) is 0.610. The van der Waals surface area contributed by atoms with Crippen LogP contribution in [0.3, 0.4) is 0 Å². The van der Waals surface area contributed by atoms with Crippen molar-refractivity contribution in [3.05, 3.63) is 0 Å². The Morgan fingerprint density at radius 1 is 1.21 bits per heavy atom. The number of nitrogens with zero attached hydrogens (tertiary/aromatic N) is 1. The number of rotatable bonds is 9. The van der Waals surface area contributed by atoms with E-state index in [4.69, 9.17) is 4.74 Å². The molecule has 0 fully saturated rings. The van der Waals surface area contributed by atoms with Crippen LogP contribution < -0.4 is 5.32 Å². The topological polar surface area (TPSA) is 41.6 Å². The normalized spacial score (nSPS) is 15.1. The maximum Gasteiger partial charge on any atom is 0.322 e. The summed E-state index contributed by atoms with van der Waals surface area (Å²) in [6.45, 7) is 11.7. The summed E-state index contributed by atoms with van der Waals surface area (Å²) in [6.07, 6.45) is 1.96. The second-order valence-corrected chi connectivity index (χ2v) is 6.14. The molecule has 0 heterocycles. The molecule has 0 aliphatic rings. The van der Waals surface area contributed by atoms with Crippen LogP contribution in [0.2, 0.25) is 0 Å². The second kappa shape index (κ2) is 9.32. The highest BCUT2D eigenvalue weighted by atomic mass is 16.5. The molecule has 0 aromatic carbocycles. The molecule has 0 spiro atoms. The van der Waals surface area contributed by atoms with Crippen molar-refractivity contribution in [3.63, 3.8) is 0 Å². The number of carbonyl (C=O) groups excluding carboxylic acids is 1. The van der Waals surface area contributed by atoms with Crippen molar-refractivity contribution < 1.29 is 9.53 Å². The molecule has 0 saturated carbocycles. The van der Waals surface area contributed by atoms with E-state index in [1.807, 2.05) is 13.8 Å². The summed E-state index contributed by atoms with van der Waals surface area (Å²) in [7, 11) is 3.57. The Bertz CT molecular complexity index is 255. The number of carbonyl (C=O) groups is 1. The minimum absolute atomic E-state index is 0.168. The number of nitrogens with one attached hydrogen (secondary N) is 1. The monoisotopic (exact) mass is 272 g/mol. The Morgan fingerprint density at radius 3 is 2.21 bits per heavy atom. The first kappa shape index (κ1) is 18.4. The fraction of sp³-hybridized carbons (Fsp3) is 0.933. The van der Waals surface area contributed by atoms with Crippen LogP contribution in [0.1, 0.15) is 47.5 Å². The Balaban J connectivity index is 4.26. The molecular formula is C15H32N2O2. The van der Waals surface area contributed by atoms with E-state index in [1.54, 1.807) is 0 Å². The third kappa shape index (κ3) is 8.22. The molecule has 19 heavy (non-hydrogen) atoms. The third-order valence-electron chi connectivity index (χ3n) is 3.36. The van der Waals surface area contributed by atoms with Crippen molar-refractivity contribution in [3.8, 4) is 0 Å². The molecule has 0 aliphatic heterocycles. The van der Waals surface area contributed by atoms with Gasteiger partial charge in [0.05, 0.1) is 7.11 Å². The molecule has 0 rings (SSSR count). The summed E-state index contributed by atoms with van der Waals surface area (Å²) < 4.78 is 4.85. The summed E-state index contributed by atoms with van der Waals surface area (Å²) in [4.78, 5) is 14.0. The Morgan fingerprint density at radius 2 is 1.79 bits per heavy atom. The van der Waals surface area contributed by atoms with E-state index in [0.29, 0.717) is 12.0 Å². The predicted molar refractivity (Wildman–Crippen MR) is 80.2 cm³/mol. The lowest BCUT2D eigenvalue weighted by atomic mass is 10.0. The van der Waals surface area contributed by atoms with Gasteiger partial charge in [0.2, 0.25) is 0 Å². The highest BCUT2D eigenvalue weighted by Crippen LogP contribution is 2.10. The first-order valence-electron chi connectivity index (χ1n) is 7.32. The van der Waals surface area contributed by atoms with E-state index in [0.717, 1.165) is 13.0 Å². The molecule has 1 N–H and O–H groups in total. The van der Waals surface area contributed by atoms with Gasteiger partial charge in [-0.1, -0.05) is 27.7 Å². The van der Waals surface area contributed by atoms with Crippen molar-refractivity contribution in [2.24, 2.45) is 5.92 Å². The van der Waals surface area contributed by atoms with Gasteiger partial charge in [-0.3, -0.25) is 4.79 Å². The molecule has 0 saturated heterocycles. The van der Waals surface area contributed by atoms with Gasteiger partial charge in [-0.05, 0) is 32.7 Å². The van der Waals surface area contributed by atoms with Gasteiger partial charge >= 0.3 is 5.97 Å². The van der Waals surface area contributed by atoms with Crippen molar-refractivity contribution in [2.45, 2.75) is 65.6 Å². The molecule has 0 bridgehead atoms. The Labute approximate surface area is 118 Å². The lowest BCUT2D eigenvalue weighted by Crippen LogP contribution is -2.44. The maximum absolute atomic E-state index is 11.7. The average Bonchev–Trinajstić information content (AvgIpc) is 2.31. The first-order valence-corrected chi connectivity index (χ1v) is 7.32. The molecule has 114 valence electrons. The van der Waals surface area contributed by atoms with Crippen LogP contribution in [0.4, 0.5) is 0 Å².